The van der Waals surface area contributed by atoms with Gasteiger partial charge in [-0.1, -0.05) is 23.7 Å². The van der Waals surface area contributed by atoms with Crippen LogP contribution in [0, 0.1) is 11.3 Å². The molecule has 0 fully saturated rings. The molecule has 0 bridgehead atoms. The summed E-state index contributed by atoms with van der Waals surface area (Å²) in [5, 5.41) is 9.95. The van der Waals surface area contributed by atoms with Crippen molar-refractivity contribution in [2.24, 2.45) is 0 Å². The lowest BCUT2D eigenvalue weighted by atomic mass is 9.98. The molecule has 16 heavy (non-hydrogen) atoms. The molecule has 0 spiro atoms. The van der Waals surface area contributed by atoms with Gasteiger partial charge in [0.2, 0.25) is 0 Å². The maximum absolute atomic E-state index is 9.29. The molecule has 0 N–H and O–H groups in total. The summed E-state index contributed by atoms with van der Waals surface area (Å²) in [6.07, 6.45) is 0. The van der Waals surface area contributed by atoms with Crippen molar-refractivity contribution >= 4 is 19.9 Å². The molecule has 0 radical (unpaired) electrons. The Morgan fingerprint density at radius 3 is 2.12 bits per heavy atom. The lowest BCUT2D eigenvalue weighted by molar-refractivity contribution is 0.141. The zero-order valence-corrected chi connectivity index (χ0v) is 11.8. The number of hydrogen-bond acceptors (Lipinski definition) is 2. The first kappa shape index (κ1) is 13.2. The minimum absolute atomic E-state index is 0.664. The topological polar surface area (TPSA) is 33.0 Å². The maximum atomic E-state index is 9.29. The molecule has 0 aliphatic heterocycles. The van der Waals surface area contributed by atoms with Crippen LogP contribution in [0.5, 0.6) is 0 Å². The Bertz CT molecular complexity index is 405. The summed E-state index contributed by atoms with van der Waals surface area (Å²) in [5.41, 5.74) is -0.0310. The molecule has 4 heteroatoms. The van der Waals surface area contributed by atoms with Gasteiger partial charge in [-0.05, 0) is 44.3 Å². The molecule has 0 saturated carbocycles. The van der Waals surface area contributed by atoms with Crippen LogP contribution in [0.1, 0.15) is 12.5 Å². The van der Waals surface area contributed by atoms with E-state index in [1.807, 2.05) is 12.1 Å². The number of nitrogens with zero attached hydrogens (tertiary/aromatic N) is 1. The number of halogens is 1. The van der Waals surface area contributed by atoms with E-state index in [2.05, 4.69) is 25.7 Å². The monoisotopic (exact) mass is 253 g/mol. The van der Waals surface area contributed by atoms with Gasteiger partial charge in [0, 0.05) is 5.02 Å². The second kappa shape index (κ2) is 4.58. The van der Waals surface area contributed by atoms with Crippen LogP contribution in [0.3, 0.4) is 0 Å². The van der Waals surface area contributed by atoms with E-state index < -0.39 is 13.9 Å². The summed E-state index contributed by atoms with van der Waals surface area (Å²) >= 11 is 5.82. The van der Waals surface area contributed by atoms with E-state index in [1.165, 1.54) is 0 Å². The van der Waals surface area contributed by atoms with Gasteiger partial charge in [0.15, 0.2) is 13.9 Å². The third-order valence-corrected chi connectivity index (χ3v) is 3.39. The fraction of sp³-hybridized carbons (Fsp3) is 0.417. The zero-order chi connectivity index (χ0) is 12.4. The highest BCUT2D eigenvalue weighted by Crippen LogP contribution is 2.29. The highest BCUT2D eigenvalue weighted by atomic mass is 35.5. The highest BCUT2D eigenvalue weighted by Gasteiger charge is 2.33. The van der Waals surface area contributed by atoms with Crippen LogP contribution in [0.4, 0.5) is 0 Å². The molecule has 1 aromatic rings. The molecule has 1 atom stereocenters. The van der Waals surface area contributed by atoms with E-state index in [1.54, 1.807) is 19.1 Å². The van der Waals surface area contributed by atoms with E-state index in [9.17, 15) is 5.26 Å². The molecule has 0 saturated heterocycles. The van der Waals surface area contributed by atoms with Crippen molar-refractivity contribution in [3.63, 3.8) is 0 Å². The van der Waals surface area contributed by atoms with Gasteiger partial charge in [-0.2, -0.15) is 5.26 Å². The van der Waals surface area contributed by atoms with Gasteiger partial charge in [0.05, 0.1) is 0 Å². The van der Waals surface area contributed by atoms with Crippen LogP contribution in [0.25, 0.3) is 0 Å². The fourth-order valence-electron chi connectivity index (χ4n) is 1.53. The van der Waals surface area contributed by atoms with Crippen LogP contribution in [-0.4, -0.2) is 8.32 Å². The van der Waals surface area contributed by atoms with Crippen molar-refractivity contribution in [2.75, 3.05) is 0 Å². The van der Waals surface area contributed by atoms with E-state index in [0.29, 0.717) is 5.02 Å². The fourth-order valence-corrected chi connectivity index (χ4v) is 3.04. The van der Waals surface area contributed by atoms with Gasteiger partial charge < -0.3 is 4.43 Å². The lowest BCUT2D eigenvalue weighted by Crippen LogP contribution is -2.37. The van der Waals surface area contributed by atoms with Crippen LogP contribution >= 0.6 is 11.6 Å². The first-order chi connectivity index (χ1) is 7.27. The van der Waals surface area contributed by atoms with Crippen molar-refractivity contribution in [3.05, 3.63) is 34.9 Å². The Labute approximate surface area is 103 Å². The summed E-state index contributed by atoms with van der Waals surface area (Å²) in [6.45, 7) is 8.00. The average Bonchev–Trinajstić information content (AvgIpc) is 2.16. The minimum atomic E-state index is -1.77. The van der Waals surface area contributed by atoms with Crippen LogP contribution in [0.2, 0.25) is 24.7 Å². The quantitative estimate of drug-likeness (QED) is 0.765. The highest BCUT2D eigenvalue weighted by molar-refractivity contribution is 6.69. The molecule has 0 aliphatic carbocycles. The summed E-state index contributed by atoms with van der Waals surface area (Å²) in [4.78, 5) is 0. The van der Waals surface area contributed by atoms with Crippen molar-refractivity contribution in [2.45, 2.75) is 32.2 Å². The van der Waals surface area contributed by atoms with Gasteiger partial charge in [-0.3, -0.25) is 0 Å². The van der Waals surface area contributed by atoms with Crippen molar-refractivity contribution in [3.8, 4) is 6.07 Å². The van der Waals surface area contributed by atoms with Gasteiger partial charge >= 0.3 is 0 Å². The van der Waals surface area contributed by atoms with Crippen LogP contribution < -0.4 is 0 Å². The number of benzene rings is 1. The largest absolute Gasteiger partial charge is 0.397 e. The molecule has 0 amide bonds. The van der Waals surface area contributed by atoms with Gasteiger partial charge in [0.1, 0.15) is 6.07 Å². The first-order valence-electron chi connectivity index (χ1n) is 5.14. The van der Waals surface area contributed by atoms with E-state index >= 15 is 0 Å². The van der Waals surface area contributed by atoms with Crippen molar-refractivity contribution in [1.82, 2.24) is 0 Å². The van der Waals surface area contributed by atoms with Crippen molar-refractivity contribution < 1.29 is 4.43 Å². The molecule has 0 aliphatic rings. The molecular formula is C12H16ClNOSi. The molecular weight excluding hydrogens is 238 g/mol. The molecule has 1 aromatic carbocycles. The molecule has 2 nitrogen and oxygen atoms in total. The summed E-state index contributed by atoms with van der Waals surface area (Å²) in [6, 6.07) is 9.47. The van der Waals surface area contributed by atoms with Gasteiger partial charge in [-0.15, -0.1) is 0 Å². The smallest absolute Gasteiger partial charge is 0.186 e. The summed E-state index contributed by atoms with van der Waals surface area (Å²) < 4.78 is 5.94. The van der Waals surface area contributed by atoms with Gasteiger partial charge in [0.25, 0.3) is 0 Å². The molecule has 1 rings (SSSR count). The maximum Gasteiger partial charge on any atom is 0.186 e. The standard InChI is InChI=1S/C12H16ClNOSi/c1-12(9-14,15-16(2,3)4)10-5-7-11(13)8-6-10/h5-8H,1-4H3/t12-/m0/s1. The SMILES string of the molecule is C[C@@](C#N)(O[Si](C)(C)C)c1ccc(Cl)cc1. The van der Waals surface area contributed by atoms with Crippen molar-refractivity contribution in [1.29, 1.82) is 5.26 Å². The average molecular weight is 254 g/mol. The van der Waals surface area contributed by atoms with Crippen LogP contribution in [-0.2, 0) is 10.0 Å². The Kier molecular flexibility index (Phi) is 3.79. The molecule has 86 valence electrons. The zero-order valence-electron chi connectivity index (χ0n) is 10.0. The van der Waals surface area contributed by atoms with E-state index in [0.717, 1.165) is 5.56 Å². The Morgan fingerprint density at radius 2 is 1.75 bits per heavy atom. The summed E-state index contributed by atoms with van der Waals surface area (Å²) in [7, 11) is -1.77. The van der Waals surface area contributed by atoms with Crippen LogP contribution in [0.15, 0.2) is 24.3 Å². The number of rotatable bonds is 3. The Hall–Kier alpha value is -0.823. The predicted molar refractivity (Wildman–Crippen MR) is 68.8 cm³/mol. The molecule has 0 unspecified atom stereocenters. The third kappa shape index (κ3) is 3.34. The second-order valence-electron chi connectivity index (χ2n) is 4.87. The van der Waals surface area contributed by atoms with E-state index in [4.69, 9.17) is 16.0 Å². The predicted octanol–water partition coefficient (Wildman–Crippen LogP) is 3.93. The number of nitriles is 1. The lowest BCUT2D eigenvalue weighted by Gasteiger charge is -2.30. The third-order valence-electron chi connectivity index (χ3n) is 2.12. The minimum Gasteiger partial charge on any atom is -0.397 e. The number of hydrogen-bond donors (Lipinski definition) is 0. The Morgan fingerprint density at radius 1 is 1.25 bits per heavy atom. The summed E-state index contributed by atoms with van der Waals surface area (Å²) in [5.74, 6) is 0. The molecule has 0 aromatic heterocycles. The second-order valence-corrected chi connectivity index (χ2v) is 9.73. The van der Waals surface area contributed by atoms with Gasteiger partial charge in [-0.25, -0.2) is 0 Å². The normalized spacial score (nSPS) is 15.2. The van der Waals surface area contributed by atoms with E-state index in [-0.39, 0.29) is 0 Å². The first-order valence-corrected chi connectivity index (χ1v) is 8.93. The molecule has 0 heterocycles. The Balaban J connectivity index is 3.06.